The van der Waals surface area contributed by atoms with Crippen molar-refractivity contribution in [3.8, 4) is 0 Å². The van der Waals surface area contributed by atoms with Crippen molar-refractivity contribution in [2.75, 3.05) is 13.1 Å². The minimum atomic E-state index is 0.854. The summed E-state index contributed by atoms with van der Waals surface area (Å²) in [7, 11) is 0. The summed E-state index contributed by atoms with van der Waals surface area (Å²) in [5.74, 6) is 1.71. The molecule has 14 heavy (non-hydrogen) atoms. The van der Waals surface area contributed by atoms with Gasteiger partial charge in [0.15, 0.2) is 0 Å². The van der Waals surface area contributed by atoms with E-state index >= 15 is 0 Å². The summed E-state index contributed by atoms with van der Waals surface area (Å²) in [5.41, 5.74) is 0. The summed E-state index contributed by atoms with van der Waals surface area (Å²) < 4.78 is 0. The Morgan fingerprint density at radius 1 is 1.57 bits per heavy atom. The number of rotatable bonds is 3. The molecule has 1 aromatic heterocycles. The van der Waals surface area contributed by atoms with E-state index in [-0.39, 0.29) is 0 Å². The lowest BCUT2D eigenvalue weighted by atomic mass is 9.82. The average molecular weight is 210 g/mol. The fraction of sp³-hybridized carbons (Fsp3) is 0.727. The SMILES string of the molecule is CCC1CNCCC1Cc1nccs1. The molecule has 0 aliphatic carbocycles. The summed E-state index contributed by atoms with van der Waals surface area (Å²) in [5, 5.41) is 6.87. The Kier molecular flexibility index (Phi) is 3.54. The molecule has 3 heteroatoms. The molecule has 2 unspecified atom stereocenters. The summed E-state index contributed by atoms with van der Waals surface area (Å²) in [6, 6.07) is 0. The molecule has 0 bridgehead atoms. The van der Waals surface area contributed by atoms with Gasteiger partial charge in [-0.3, -0.25) is 0 Å². The van der Waals surface area contributed by atoms with Gasteiger partial charge >= 0.3 is 0 Å². The van der Waals surface area contributed by atoms with Crippen molar-refractivity contribution in [1.29, 1.82) is 0 Å². The zero-order valence-corrected chi connectivity index (χ0v) is 9.52. The number of piperidine rings is 1. The van der Waals surface area contributed by atoms with Gasteiger partial charge in [0, 0.05) is 18.0 Å². The first-order valence-electron chi connectivity index (χ1n) is 5.49. The Bertz CT molecular complexity index is 258. The molecular weight excluding hydrogens is 192 g/mol. The molecule has 0 amide bonds. The van der Waals surface area contributed by atoms with Gasteiger partial charge in [0.25, 0.3) is 0 Å². The number of aromatic nitrogens is 1. The molecule has 2 nitrogen and oxygen atoms in total. The van der Waals surface area contributed by atoms with E-state index in [2.05, 4.69) is 22.6 Å². The van der Waals surface area contributed by atoms with Gasteiger partial charge in [-0.2, -0.15) is 0 Å². The lowest BCUT2D eigenvalue weighted by molar-refractivity contribution is 0.246. The molecule has 0 spiro atoms. The lowest BCUT2D eigenvalue weighted by Crippen LogP contribution is -2.37. The van der Waals surface area contributed by atoms with Crippen LogP contribution in [0, 0.1) is 11.8 Å². The van der Waals surface area contributed by atoms with Crippen molar-refractivity contribution in [3.05, 3.63) is 16.6 Å². The molecule has 1 aromatic rings. The van der Waals surface area contributed by atoms with E-state index in [4.69, 9.17) is 0 Å². The summed E-state index contributed by atoms with van der Waals surface area (Å²) >= 11 is 1.80. The van der Waals surface area contributed by atoms with Gasteiger partial charge in [0.2, 0.25) is 0 Å². The molecule has 2 atom stereocenters. The van der Waals surface area contributed by atoms with Crippen LogP contribution < -0.4 is 5.32 Å². The minimum Gasteiger partial charge on any atom is -0.316 e. The highest BCUT2D eigenvalue weighted by molar-refractivity contribution is 7.09. The predicted octanol–water partition coefficient (Wildman–Crippen LogP) is 2.32. The molecule has 0 aromatic carbocycles. The van der Waals surface area contributed by atoms with Crippen molar-refractivity contribution in [2.45, 2.75) is 26.2 Å². The van der Waals surface area contributed by atoms with E-state index < -0.39 is 0 Å². The highest BCUT2D eigenvalue weighted by atomic mass is 32.1. The van der Waals surface area contributed by atoms with Gasteiger partial charge in [-0.05, 0) is 31.3 Å². The zero-order chi connectivity index (χ0) is 9.80. The molecule has 1 N–H and O–H groups in total. The Morgan fingerprint density at radius 2 is 2.50 bits per heavy atom. The fourth-order valence-corrected chi connectivity index (χ4v) is 3.01. The van der Waals surface area contributed by atoms with E-state index in [1.54, 1.807) is 11.3 Å². The van der Waals surface area contributed by atoms with Crippen LogP contribution in [0.2, 0.25) is 0 Å². The molecule has 0 radical (unpaired) electrons. The van der Waals surface area contributed by atoms with Crippen LogP contribution in [0.25, 0.3) is 0 Å². The average Bonchev–Trinajstić information content (AvgIpc) is 2.71. The summed E-state index contributed by atoms with van der Waals surface area (Å²) in [6.07, 6.45) is 5.72. The molecule has 1 saturated heterocycles. The monoisotopic (exact) mass is 210 g/mol. The lowest BCUT2D eigenvalue weighted by Gasteiger charge is -2.30. The molecule has 78 valence electrons. The number of nitrogens with one attached hydrogen (secondary N) is 1. The highest BCUT2D eigenvalue weighted by Gasteiger charge is 2.23. The molecule has 1 aliphatic heterocycles. The van der Waals surface area contributed by atoms with Crippen LogP contribution in [0.4, 0.5) is 0 Å². The third-order valence-corrected chi connectivity index (χ3v) is 4.01. The third-order valence-electron chi connectivity index (χ3n) is 3.21. The maximum absolute atomic E-state index is 4.38. The Hall–Kier alpha value is -0.410. The fourth-order valence-electron chi connectivity index (χ4n) is 2.30. The molecule has 2 heterocycles. The number of thiazole rings is 1. The second-order valence-corrected chi connectivity index (χ2v) is 5.03. The number of hydrogen-bond acceptors (Lipinski definition) is 3. The van der Waals surface area contributed by atoms with Crippen molar-refractivity contribution in [3.63, 3.8) is 0 Å². The van der Waals surface area contributed by atoms with Crippen LogP contribution in [-0.2, 0) is 6.42 Å². The van der Waals surface area contributed by atoms with Crippen LogP contribution in [0.15, 0.2) is 11.6 Å². The normalized spacial score (nSPS) is 27.8. The first-order chi connectivity index (χ1) is 6.90. The van der Waals surface area contributed by atoms with Crippen LogP contribution >= 0.6 is 11.3 Å². The second-order valence-electron chi connectivity index (χ2n) is 4.05. The Labute approximate surface area is 89.8 Å². The molecule has 1 fully saturated rings. The predicted molar refractivity (Wildman–Crippen MR) is 60.6 cm³/mol. The third kappa shape index (κ3) is 2.34. The maximum atomic E-state index is 4.38. The van der Waals surface area contributed by atoms with Crippen molar-refractivity contribution in [1.82, 2.24) is 10.3 Å². The molecule has 0 saturated carbocycles. The van der Waals surface area contributed by atoms with Gasteiger partial charge in [0.1, 0.15) is 0 Å². The summed E-state index contributed by atoms with van der Waals surface area (Å²) in [4.78, 5) is 4.38. The molecule has 1 aliphatic rings. The van der Waals surface area contributed by atoms with Crippen molar-refractivity contribution >= 4 is 11.3 Å². The van der Waals surface area contributed by atoms with E-state index in [0.717, 1.165) is 11.8 Å². The topological polar surface area (TPSA) is 24.9 Å². The van der Waals surface area contributed by atoms with E-state index in [1.807, 2.05) is 6.20 Å². The van der Waals surface area contributed by atoms with Gasteiger partial charge in [0.05, 0.1) is 5.01 Å². The van der Waals surface area contributed by atoms with Gasteiger partial charge in [-0.1, -0.05) is 13.3 Å². The molecule has 2 rings (SSSR count). The Morgan fingerprint density at radius 3 is 3.21 bits per heavy atom. The van der Waals surface area contributed by atoms with Crippen LogP contribution in [0.1, 0.15) is 24.8 Å². The van der Waals surface area contributed by atoms with Crippen molar-refractivity contribution in [2.24, 2.45) is 11.8 Å². The van der Waals surface area contributed by atoms with Crippen LogP contribution in [-0.4, -0.2) is 18.1 Å². The first kappa shape index (κ1) is 10.1. The van der Waals surface area contributed by atoms with Gasteiger partial charge < -0.3 is 5.32 Å². The number of nitrogens with zero attached hydrogens (tertiary/aromatic N) is 1. The van der Waals surface area contributed by atoms with Crippen molar-refractivity contribution < 1.29 is 0 Å². The van der Waals surface area contributed by atoms with Crippen LogP contribution in [0.3, 0.4) is 0 Å². The van der Waals surface area contributed by atoms with Gasteiger partial charge in [-0.15, -0.1) is 11.3 Å². The van der Waals surface area contributed by atoms with E-state index in [9.17, 15) is 0 Å². The van der Waals surface area contributed by atoms with E-state index in [1.165, 1.54) is 37.4 Å². The standard InChI is InChI=1S/C11H18N2S/c1-2-9-8-12-4-3-10(9)7-11-13-5-6-14-11/h5-6,9-10,12H,2-4,7-8H2,1H3. The molecular formula is C11H18N2S. The van der Waals surface area contributed by atoms with Gasteiger partial charge in [-0.25, -0.2) is 4.98 Å². The second kappa shape index (κ2) is 4.89. The van der Waals surface area contributed by atoms with E-state index in [0.29, 0.717) is 0 Å². The zero-order valence-electron chi connectivity index (χ0n) is 8.70. The highest BCUT2D eigenvalue weighted by Crippen LogP contribution is 2.26. The maximum Gasteiger partial charge on any atom is 0.0927 e. The van der Waals surface area contributed by atoms with Crippen LogP contribution in [0.5, 0.6) is 0 Å². The first-order valence-corrected chi connectivity index (χ1v) is 6.37. The Balaban J connectivity index is 1.94. The largest absolute Gasteiger partial charge is 0.316 e. The smallest absolute Gasteiger partial charge is 0.0927 e. The minimum absolute atomic E-state index is 0.854. The summed E-state index contributed by atoms with van der Waals surface area (Å²) in [6.45, 7) is 4.69. The quantitative estimate of drug-likeness (QED) is 0.828. The number of hydrogen-bond donors (Lipinski definition) is 1.